The summed E-state index contributed by atoms with van der Waals surface area (Å²) in [6, 6.07) is 5.63. The van der Waals surface area contributed by atoms with Crippen molar-refractivity contribution in [3.05, 3.63) is 39.6 Å². The van der Waals surface area contributed by atoms with Gasteiger partial charge in [0.05, 0.1) is 15.2 Å². The molecule has 0 aliphatic carbocycles. The number of aromatic nitrogens is 2. The molecule has 0 spiro atoms. The zero-order valence-corrected chi connectivity index (χ0v) is 12.3. The van der Waals surface area contributed by atoms with Crippen LogP contribution >= 0.6 is 27.5 Å². The van der Waals surface area contributed by atoms with E-state index in [1.165, 1.54) is 6.33 Å². The van der Waals surface area contributed by atoms with Crippen LogP contribution in [0.25, 0.3) is 0 Å². The number of rotatable bonds is 3. The zero-order valence-electron chi connectivity index (χ0n) is 9.96. The van der Waals surface area contributed by atoms with Gasteiger partial charge in [-0.3, -0.25) is 0 Å². The summed E-state index contributed by atoms with van der Waals surface area (Å²) in [4.78, 5) is 8.37. The third-order valence-corrected chi connectivity index (χ3v) is 3.92. The highest BCUT2D eigenvalue weighted by Gasteiger charge is 2.09. The van der Waals surface area contributed by atoms with Crippen molar-refractivity contribution < 1.29 is 0 Å². The van der Waals surface area contributed by atoms with E-state index in [1.54, 1.807) is 0 Å². The van der Waals surface area contributed by atoms with Gasteiger partial charge in [-0.15, -0.1) is 0 Å². The highest BCUT2D eigenvalue weighted by molar-refractivity contribution is 9.10. The fourth-order valence-corrected chi connectivity index (χ4v) is 2.09. The number of nitrogens with one attached hydrogen (secondary N) is 2. The highest BCUT2D eigenvalue weighted by Crippen LogP contribution is 2.32. The lowest BCUT2D eigenvalue weighted by Gasteiger charge is -2.12. The molecule has 0 aliphatic heterocycles. The summed E-state index contributed by atoms with van der Waals surface area (Å²) in [6.45, 7) is 1.95. The maximum Gasteiger partial charge on any atom is 0.138 e. The maximum absolute atomic E-state index is 6.05. The fraction of sp³-hybridized carbons (Fsp3) is 0.167. The molecule has 4 nitrogen and oxygen atoms in total. The van der Waals surface area contributed by atoms with E-state index in [4.69, 9.17) is 11.6 Å². The molecule has 0 fully saturated rings. The number of nitrogens with zero attached hydrogens (tertiary/aromatic N) is 2. The van der Waals surface area contributed by atoms with Crippen LogP contribution in [0, 0.1) is 6.92 Å². The quantitative estimate of drug-likeness (QED) is 0.895. The van der Waals surface area contributed by atoms with Gasteiger partial charge in [0, 0.05) is 12.6 Å². The molecule has 1 heterocycles. The van der Waals surface area contributed by atoms with E-state index in [-0.39, 0.29) is 0 Å². The van der Waals surface area contributed by atoms with Crippen molar-refractivity contribution >= 4 is 44.9 Å². The second kappa shape index (κ2) is 5.54. The molecule has 0 bridgehead atoms. The van der Waals surface area contributed by atoms with Gasteiger partial charge >= 0.3 is 0 Å². The van der Waals surface area contributed by atoms with Gasteiger partial charge in [0.1, 0.15) is 18.0 Å². The first-order valence-corrected chi connectivity index (χ1v) is 6.51. The van der Waals surface area contributed by atoms with Gasteiger partial charge in [0.2, 0.25) is 0 Å². The Kier molecular flexibility index (Phi) is 4.04. The minimum atomic E-state index is 0.653. The monoisotopic (exact) mass is 326 g/mol. The summed E-state index contributed by atoms with van der Waals surface area (Å²) in [5, 5.41) is 6.91. The largest absolute Gasteiger partial charge is 0.373 e. The standard InChI is InChI=1S/C12H12BrClN4/c1-7-11(15-2)16-6-17-12(7)18-9-5-3-4-8(14)10(9)13/h3-6H,1-2H3,(H2,15,16,17,18). The molecular weight excluding hydrogens is 316 g/mol. The Balaban J connectivity index is 2.37. The van der Waals surface area contributed by atoms with Crippen molar-refractivity contribution in [1.29, 1.82) is 0 Å². The summed E-state index contributed by atoms with van der Waals surface area (Å²) < 4.78 is 0.815. The molecule has 0 unspecified atom stereocenters. The van der Waals surface area contributed by atoms with Gasteiger partial charge in [-0.05, 0) is 35.0 Å². The third kappa shape index (κ3) is 2.57. The molecule has 1 aromatic heterocycles. The van der Waals surface area contributed by atoms with Gasteiger partial charge < -0.3 is 10.6 Å². The Bertz CT molecular complexity index is 574. The number of halogens is 2. The summed E-state index contributed by atoms with van der Waals surface area (Å²) in [7, 11) is 1.83. The normalized spacial score (nSPS) is 10.2. The lowest BCUT2D eigenvalue weighted by molar-refractivity contribution is 1.12. The van der Waals surface area contributed by atoms with Gasteiger partial charge in [-0.2, -0.15) is 0 Å². The Morgan fingerprint density at radius 3 is 2.67 bits per heavy atom. The molecule has 2 aromatic rings. The van der Waals surface area contributed by atoms with E-state index >= 15 is 0 Å². The SMILES string of the molecule is CNc1ncnc(Nc2cccc(Cl)c2Br)c1C. The lowest BCUT2D eigenvalue weighted by atomic mass is 10.2. The predicted octanol–water partition coefficient (Wildman–Crippen LogP) is 3.99. The van der Waals surface area contributed by atoms with Crippen molar-refractivity contribution in [2.75, 3.05) is 17.7 Å². The molecule has 6 heteroatoms. The summed E-state index contributed by atoms with van der Waals surface area (Å²) in [5.74, 6) is 1.54. The van der Waals surface area contributed by atoms with Gasteiger partial charge in [-0.25, -0.2) is 9.97 Å². The van der Waals surface area contributed by atoms with Crippen molar-refractivity contribution in [3.63, 3.8) is 0 Å². The predicted molar refractivity (Wildman–Crippen MR) is 78.8 cm³/mol. The molecule has 2 N–H and O–H groups in total. The summed E-state index contributed by atoms with van der Waals surface area (Å²) in [6.07, 6.45) is 1.51. The van der Waals surface area contributed by atoms with Crippen LogP contribution in [0.1, 0.15) is 5.56 Å². The van der Waals surface area contributed by atoms with Crippen LogP contribution in [0.5, 0.6) is 0 Å². The van der Waals surface area contributed by atoms with Crippen molar-refractivity contribution in [2.24, 2.45) is 0 Å². The Hall–Kier alpha value is -1.33. The first kappa shape index (κ1) is 13.1. The number of hydrogen-bond donors (Lipinski definition) is 2. The highest BCUT2D eigenvalue weighted by atomic mass is 79.9. The van der Waals surface area contributed by atoms with E-state index in [2.05, 4.69) is 36.5 Å². The number of anilines is 3. The first-order chi connectivity index (χ1) is 8.63. The molecule has 0 atom stereocenters. The first-order valence-electron chi connectivity index (χ1n) is 5.34. The third-order valence-electron chi connectivity index (χ3n) is 2.53. The van der Waals surface area contributed by atoms with Crippen LogP contribution in [0.2, 0.25) is 5.02 Å². The number of benzene rings is 1. The van der Waals surface area contributed by atoms with E-state index in [9.17, 15) is 0 Å². The van der Waals surface area contributed by atoms with Crippen LogP contribution in [-0.2, 0) is 0 Å². The lowest BCUT2D eigenvalue weighted by Crippen LogP contribution is -2.02. The molecule has 0 radical (unpaired) electrons. The van der Waals surface area contributed by atoms with E-state index < -0.39 is 0 Å². The molecule has 0 amide bonds. The van der Waals surface area contributed by atoms with E-state index in [0.29, 0.717) is 5.02 Å². The molecule has 94 valence electrons. The van der Waals surface area contributed by atoms with Gasteiger partial charge in [-0.1, -0.05) is 17.7 Å². The average Bonchev–Trinajstić information content (AvgIpc) is 2.37. The molecule has 1 aromatic carbocycles. The summed E-state index contributed by atoms with van der Waals surface area (Å²) >= 11 is 9.49. The van der Waals surface area contributed by atoms with E-state index in [1.807, 2.05) is 32.2 Å². The van der Waals surface area contributed by atoms with Crippen LogP contribution < -0.4 is 10.6 Å². The number of hydrogen-bond acceptors (Lipinski definition) is 4. The van der Waals surface area contributed by atoms with Crippen molar-refractivity contribution in [1.82, 2.24) is 9.97 Å². The second-order valence-corrected chi connectivity index (χ2v) is 4.87. The fourth-order valence-electron chi connectivity index (χ4n) is 1.56. The van der Waals surface area contributed by atoms with Crippen LogP contribution in [0.15, 0.2) is 29.0 Å². The molecule has 0 saturated heterocycles. The van der Waals surface area contributed by atoms with Crippen LogP contribution in [0.3, 0.4) is 0 Å². The topological polar surface area (TPSA) is 49.8 Å². The average molecular weight is 328 g/mol. The Morgan fingerprint density at radius 1 is 1.22 bits per heavy atom. The Morgan fingerprint density at radius 2 is 1.94 bits per heavy atom. The van der Waals surface area contributed by atoms with Crippen molar-refractivity contribution in [3.8, 4) is 0 Å². The van der Waals surface area contributed by atoms with Crippen molar-refractivity contribution in [2.45, 2.75) is 6.92 Å². The molecule has 0 saturated carbocycles. The molecule has 0 aliphatic rings. The molecule has 18 heavy (non-hydrogen) atoms. The minimum absolute atomic E-state index is 0.653. The van der Waals surface area contributed by atoms with Gasteiger partial charge in [0.15, 0.2) is 0 Å². The van der Waals surface area contributed by atoms with Crippen LogP contribution in [0.4, 0.5) is 17.3 Å². The molecule has 2 rings (SSSR count). The molecular formula is C12H12BrClN4. The van der Waals surface area contributed by atoms with Gasteiger partial charge in [0.25, 0.3) is 0 Å². The second-order valence-electron chi connectivity index (χ2n) is 3.67. The minimum Gasteiger partial charge on any atom is -0.373 e. The smallest absolute Gasteiger partial charge is 0.138 e. The van der Waals surface area contributed by atoms with E-state index in [0.717, 1.165) is 27.4 Å². The maximum atomic E-state index is 6.05. The summed E-state index contributed by atoms with van der Waals surface area (Å²) in [5.41, 5.74) is 1.82. The van der Waals surface area contributed by atoms with Crippen LogP contribution in [-0.4, -0.2) is 17.0 Å². The zero-order chi connectivity index (χ0) is 13.1. The Labute approximate surface area is 119 Å².